The first kappa shape index (κ1) is 47.1. The van der Waals surface area contributed by atoms with E-state index in [1.807, 2.05) is 63.1 Å². The predicted octanol–water partition coefficient (Wildman–Crippen LogP) is 10.8. The molecule has 3 aliphatic carbocycles. The van der Waals surface area contributed by atoms with Gasteiger partial charge in [0.2, 0.25) is 0 Å². The van der Waals surface area contributed by atoms with E-state index in [1.54, 1.807) is 12.1 Å². The maximum Gasteiger partial charge on any atom is 0.124 e. The van der Waals surface area contributed by atoms with E-state index in [-0.39, 0.29) is 11.2 Å². The third-order valence-electron chi connectivity index (χ3n) is 9.81. The minimum atomic E-state index is -0.189. The van der Waals surface area contributed by atoms with Gasteiger partial charge in [-0.1, -0.05) is 133 Å². The lowest BCUT2D eigenvalue weighted by Crippen LogP contribution is -2.30. The third kappa shape index (κ3) is 18.6. The lowest BCUT2D eigenvalue weighted by molar-refractivity contribution is -0.107. The Morgan fingerprint density at radius 2 is 1.34 bits per heavy atom. The molecule has 4 aromatic carbocycles. The molecule has 0 aromatic heterocycles. The summed E-state index contributed by atoms with van der Waals surface area (Å²) in [5.74, 6) is 0.942. The minimum Gasteiger partial charge on any atom is -0.331 e. The average Bonchev–Trinajstić information content (AvgIpc) is 3.18. The molecule has 4 aromatic rings. The SMILES string of the molecule is C=O.CC12CCC(CC1)CC2.CCN.CCc1ccccc1-c1ccc(C(C)(C)C)cc1.CNN(C)Cc1ccc(F)cc1.O=CCc1ccccc1. The number of halogens is 1. The van der Waals surface area contributed by atoms with E-state index in [9.17, 15) is 9.18 Å². The fourth-order valence-electron chi connectivity index (χ4n) is 6.38. The molecule has 2 bridgehead atoms. The highest BCUT2D eigenvalue weighted by molar-refractivity contribution is 5.67. The zero-order chi connectivity index (χ0) is 39.7. The molecule has 0 spiro atoms. The first-order valence-electron chi connectivity index (χ1n) is 19.2. The lowest BCUT2D eigenvalue weighted by atomic mass is 9.62. The molecule has 0 radical (unpaired) electrons. The van der Waals surface area contributed by atoms with Crippen molar-refractivity contribution in [2.75, 3.05) is 20.6 Å². The van der Waals surface area contributed by atoms with Crippen molar-refractivity contribution in [3.63, 3.8) is 0 Å². The summed E-state index contributed by atoms with van der Waals surface area (Å²) in [6.07, 6.45) is 11.7. The zero-order valence-corrected chi connectivity index (χ0v) is 34.0. The molecule has 3 saturated carbocycles. The Kier molecular flexibility index (Phi) is 23.0. The van der Waals surface area contributed by atoms with Crippen LogP contribution in [0.2, 0.25) is 0 Å². The van der Waals surface area contributed by atoms with E-state index in [2.05, 4.69) is 88.6 Å². The van der Waals surface area contributed by atoms with Crippen LogP contribution >= 0.6 is 0 Å². The molecule has 3 fully saturated rings. The Bertz CT molecular complexity index is 1500. The number of hydrogen-bond acceptors (Lipinski definition) is 5. The van der Waals surface area contributed by atoms with E-state index < -0.39 is 0 Å². The standard InChI is InChI=1S/C18H22.C9H13FN2.C9H16.C8H8O.C2H7N.CH2O/c1-5-14-8-6-7-9-17(14)15-10-12-16(13-11-15)18(2,3)4;1-11-12(2)7-8-3-5-9(10)6-4-8;1-9-5-2-8(3-6-9)4-7-9;9-7-6-8-4-2-1-3-5-8;1-2-3;1-2/h6-13H,5H2,1-4H3;3-6,11H,7H2,1-2H3;8H,2-7H2,1H3;1-5,7H,6H2;2-3H2,1H3;1H2. The number of nitrogens with two attached hydrogens (primary N) is 1. The molecule has 7 rings (SSSR count). The summed E-state index contributed by atoms with van der Waals surface area (Å²) in [5.41, 5.74) is 16.5. The first-order chi connectivity index (χ1) is 25.4. The number of rotatable bonds is 7. The molecule has 3 aliphatic rings. The molecule has 0 amide bonds. The van der Waals surface area contributed by atoms with Crippen LogP contribution in [0.25, 0.3) is 11.1 Å². The largest absolute Gasteiger partial charge is 0.331 e. The number of aldehydes is 1. The molecule has 53 heavy (non-hydrogen) atoms. The number of hydrazine groups is 1. The van der Waals surface area contributed by atoms with Gasteiger partial charge in [0.25, 0.3) is 0 Å². The highest BCUT2D eigenvalue weighted by atomic mass is 19.1. The Morgan fingerprint density at radius 1 is 0.830 bits per heavy atom. The Hall–Kier alpha value is -3.97. The van der Waals surface area contributed by atoms with Crippen molar-refractivity contribution < 1.29 is 14.0 Å². The topological polar surface area (TPSA) is 75.4 Å². The summed E-state index contributed by atoms with van der Waals surface area (Å²) in [7, 11) is 3.78. The number of aryl methyl sites for hydroxylation is 1. The number of nitrogens with zero attached hydrogens (tertiary/aromatic N) is 1. The Labute approximate surface area is 321 Å². The highest BCUT2D eigenvalue weighted by Crippen LogP contribution is 2.49. The molecule has 0 heterocycles. The summed E-state index contributed by atoms with van der Waals surface area (Å²) in [6.45, 7) is 16.9. The summed E-state index contributed by atoms with van der Waals surface area (Å²) in [4.78, 5) is 18.0. The van der Waals surface area contributed by atoms with Gasteiger partial charge in [0, 0.05) is 20.0 Å². The fraction of sp³-hybridized carbons (Fsp3) is 0.447. The van der Waals surface area contributed by atoms with E-state index in [4.69, 9.17) is 10.5 Å². The van der Waals surface area contributed by atoms with Crippen LogP contribution in [0, 0.1) is 17.2 Å². The fourth-order valence-corrected chi connectivity index (χ4v) is 6.38. The van der Waals surface area contributed by atoms with Gasteiger partial charge in [-0.05, 0) is 121 Å². The van der Waals surface area contributed by atoms with Crippen molar-refractivity contribution in [3.05, 3.63) is 131 Å². The van der Waals surface area contributed by atoms with Crippen LogP contribution < -0.4 is 11.2 Å². The molecule has 0 unspecified atom stereocenters. The van der Waals surface area contributed by atoms with Crippen LogP contribution in [0.15, 0.2) is 103 Å². The van der Waals surface area contributed by atoms with E-state index in [0.29, 0.717) is 6.42 Å². The Balaban J connectivity index is 0.000000352. The van der Waals surface area contributed by atoms with Crippen LogP contribution in [-0.2, 0) is 34.4 Å². The van der Waals surface area contributed by atoms with E-state index in [1.165, 1.54) is 72.9 Å². The Morgan fingerprint density at radius 3 is 1.77 bits per heavy atom. The second-order valence-electron chi connectivity index (χ2n) is 15.1. The second-order valence-corrected chi connectivity index (χ2v) is 15.1. The van der Waals surface area contributed by atoms with Crippen LogP contribution in [0.4, 0.5) is 4.39 Å². The van der Waals surface area contributed by atoms with Gasteiger partial charge in [0.1, 0.15) is 18.9 Å². The van der Waals surface area contributed by atoms with Crippen molar-refractivity contribution in [1.29, 1.82) is 0 Å². The molecule has 0 aliphatic heterocycles. The second kappa shape index (κ2) is 25.9. The monoisotopic (exact) mass is 726 g/mol. The van der Waals surface area contributed by atoms with Crippen LogP contribution in [0.3, 0.4) is 0 Å². The van der Waals surface area contributed by atoms with Crippen LogP contribution in [-0.4, -0.2) is 38.7 Å². The van der Waals surface area contributed by atoms with Crippen molar-refractivity contribution in [2.24, 2.45) is 17.1 Å². The van der Waals surface area contributed by atoms with Gasteiger partial charge in [-0.25, -0.2) is 9.40 Å². The molecule has 0 saturated heterocycles. The molecule has 6 heteroatoms. The molecule has 0 atom stereocenters. The summed E-state index contributed by atoms with van der Waals surface area (Å²) < 4.78 is 12.5. The van der Waals surface area contributed by atoms with E-state index in [0.717, 1.165) is 48.3 Å². The molecule has 5 nitrogen and oxygen atoms in total. The zero-order valence-electron chi connectivity index (χ0n) is 34.0. The number of fused-ring (bicyclic) bond motifs is 3. The smallest absolute Gasteiger partial charge is 0.124 e. The van der Waals surface area contributed by atoms with Gasteiger partial charge in [-0.2, -0.15) is 0 Å². The quantitative estimate of drug-likeness (QED) is 0.147. The number of benzene rings is 4. The van der Waals surface area contributed by atoms with Crippen LogP contribution in [0.1, 0.15) is 102 Å². The minimum absolute atomic E-state index is 0.189. The van der Waals surface area contributed by atoms with Crippen molar-refractivity contribution in [3.8, 4) is 11.1 Å². The van der Waals surface area contributed by atoms with Crippen LogP contribution in [0.5, 0.6) is 0 Å². The summed E-state index contributed by atoms with van der Waals surface area (Å²) in [6, 6.07) is 33.8. The number of nitrogens with one attached hydrogen (secondary N) is 1. The normalized spacial score (nSPS) is 16.7. The number of carbonyl (C=O) groups is 2. The molecule has 290 valence electrons. The molecular weight excluding hydrogens is 658 g/mol. The maximum atomic E-state index is 12.5. The predicted molar refractivity (Wildman–Crippen MR) is 224 cm³/mol. The van der Waals surface area contributed by atoms with Crippen molar-refractivity contribution in [2.45, 2.75) is 105 Å². The highest BCUT2D eigenvalue weighted by Gasteiger charge is 2.36. The van der Waals surface area contributed by atoms with Crippen molar-refractivity contribution >= 4 is 13.1 Å². The van der Waals surface area contributed by atoms with Gasteiger partial charge < -0.3 is 15.3 Å². The van der Waals surface area contributed by atoms with Crippen molar-refractivity contribution in [1.82, 2.24) is 10.4 Å². The lowest BCUT2D eigenvalue weighted by Gasteiger charge is -2.44. The summed E-state index contributed by atoms with van der Waals surface area (Å²) >= 11 is 0. The first-order valence-corrected chi connectivity index (χ1v) is 19.2. The van der Waals surface area contributed by atoms with Gasteiger partial charge in [-0.3, -0.25) is 5.43 Å². The summed E-state index contributed by atoms with van der Waals surface area (Å²) in [5, 5.41) is 1.92. The van der Waals surface area contributed by atoms with Gasteiger partial charge in [-0.15, -0.1) is 0 Å². The van der Waals surface area contributed by atoms with Gasteiger partial charge >= 0.3 is 0 Å². The maximum absolute atomic E-state index is 12.5. The third-order valence-corrected chi connectivity index (χ3v) is 9.81. The van der Waals surface area contributed by atoms with Gasteiger partial charge in [0.05, 0.1) is 0 Å². The molecular formula is C47H68FN3O2. The van der Waals surface area contributed by atoms with E-state index >= 15 is 0 Å². The number of carbonyl (C=O) groups excluding carboxylic acids is 2. The van der Waals surface area contributed by atoms with Gasteiger partial charge in [0.15, 0.2) is 0 Å². The molecule has 3 N–H and O–H groups in total. The number of hydrogen-bond donors (Lipinski definition) is 2. The average molecular weight is 726 g/mol.